The van der Waals surface area contributed by atoms with Crippen molar-refractivity contribution in [2.45, 2.75) is 39.5 Å². The monoisotopic (exact) mass is 507 g/mol. The van der Waals surface area contributed by atoms with Gasteiger partial charge in [-0.3, -0.25) is 14.0 Å². The molecule has 4 aromatic heterocycles. The Morgan fingerprint density at radius 3 is 2.35 bits per heavy atom. The SMILES string of the molecule is Cc1cnn(C)c1-c1ncc2ccc(=O)n(Cc3ccc(-c4nc(C(F)(F)F)cn4C(C)C)cc3)c2n1. The number of aromatic nitrogens is 7. The Kier molecular flexibility index (Phi) is 5.93. The number of pyridine rings is 1. The first-order valence-corrected chi connectivity index (χ1v) is 11.6. The van der Waals surface area contributed by atoms with Gasteiger partial charge < -0.3 is 4.57 Å². The summed E-state index contributed by atoms with van der Waals surface area (Å²) in [6.45, 7) is 5.74. The second-order valence-corrected chi connectivity index (χ2v) is 9.18. The van der Waals surface area contributed by atoms with Crippen LogP contribution in [0.2, 0.25) is 0 Å². The average Bonchev–Trinajstić information content (AvgIpc) is 3.45. The summed E-state index contributed by atoms with van der Waals surface area (Å²) in [7, 11) is 1.80. The lowest BCUT2D eigenvalue weighted by molar-refractivity contribution is -0.140. The number of alkyl halides is 3. The van der Waals surface area contributed by atoms with Gasteiger partial charge in [0.05, 0.1) is 12.7 Å². The van der Waals surface area contributed by atoms with Gasteiger partial charge in [0.25, 0.3) is 5.56 Å². The highest BCUT2D eigenvalue weighted by molar-refractivity contribution is 5.76. The molecule has 0 saturated heterocycles. The second kappa shape index (κ2) is 8.99. The van der Waals surface area contributed by atoms with Gasteiger partial charge in [0.1, 0.15) is 17.2 Å². The fourth-order valence-electron chi connectivity index (χ4n) is 4.29. The van der Waals surface area contributed by atoms with Gasteiger partial charge in [-0.05, 0) is 38.0 Å². The van der Waals surface area contributed by atoms with Gasteiger partial charge >= 0.3 is 6.18 Å². The fourth-order valence-corrected chi connectivity index (χ4v) is 4.29. The number of imidazole rings is 1. The van der Waals surface area contributed by atoms with Crippen LogP contribution in [-0.2, 0) is 19.8 Å². The maximum Gasteiger partial charge on any atom is 0.434 e. The normalized spacial score (nSPS) is 12.1. The van der Waals surface area contributed by atoms with E-state index >= 15 is 0 Å². The topological polar surface area (TPSA) is 83.4 Å². The number of hydrogen-bond donors (Lipinski definition) is 0. The predicted octanol–water partition coefficient (Wildman–Crippen LogP) is 5.01. The third-order valence-electron chi connectivity index (χ3n) is 6.19. The molecule has 8 nitrogen and oxygen atoms in total. The van der Waals surface area contributed by atoms with Gasteiger partial charge in [-0.1, -0.05) is 24.3 Å². The van der Waals surface area contributed by atoms with Crippen molar-refractivity contribution in [1.29, 1.82) is 0 Å². The summed E-state index contributed by atoms with van der Waals surface area (Å²) in [5, 5.41) is 4.95. The molecule has 0 bridgehead atoms. The first kappa shape index (κ1) is 24.4. The number of fused-ring (bicyclic) bond motifs is 1. The van der Waals surface area contributed by atoms with E-state index in [1.807, 2.05) is 6.92 Å². The minimum Gasteiger partial charge on any atom is -0.328 e. The lowest BCUT2D eigenvalue weighted by Crippen LogP contribution is -2.21. The molecule has 190 valence electrons. The van der Waals surface area contributed by atoms with E-state index in [2.05, 4.69) is 20.1 Å². The first-order valence-electron chi connectivity index (χ1n) is 11.6. The second-order valence-electron chi connectivity index (χ2n) is 9.18. The minimum atomic E-state index is -4.53. The van der Waals surface area contributed by atoms with Gasteiger partial charge in [0, 0.05) is 42.5 Å². The van der Waals surface area contributed by atoms with Gasteiger partial charge in [-0.25, -0.2) is 15.0 Å². The molecule has 0 N–H and O–H groups in total. The summed E-state index contributed by atoms with van der Waals surface area (Å²) < 4.78 is 44.6. The van der Waals surface area contributed by atoms with Gasteiger partial charge in [-0.15, -0.1) is 0 Å². The molecule has 11 heteroatoms. The number of hydrogen-bond acceptors (Lipinski definition) is 5. The Labute approximate surface area is 210 Å². The van der Waals surface area contributed by atoms with E-state index in [1.54, 1.807) is 72.9 Å². The van der Waals surface area contributed by atoms with Crippen molar-refractivity contribution in [3.63, 3.8) is 0 Å². The molecule has 1 aromatic carbocycles. The van der Waals surface area contributed by atoms with Crippen molar-refractivity contribution in [2.75, 3.05) is 0 Å². The van der Waals surface area contributed by atoms with Crippen LogP contribution in [0.5, 0.6) is 0 Å². The van der Waals surface area contributed by atoms with Gasteiger partial charge in [0.2, 0.25) is 0 Å². The molecule has 0 radical (unpaired) electrons. The number of benzene rings is 1. The van der Waals surface area contributed by atoms with Crippen molar-refractivity contribution >= 4 is 11.0 Å². The third-order valence-corrected chi connectivity index (χ3v) is 6.19. The molecule has 0 spiro atoms. The van der Waals surface area contributed by atoms with Crippen LogP contribution in [0.4, 0.5) is 13.2 Å². The Balaban J connectivity index is 1.52. The van der Waals surface area contributed by atoms with E-state index in [0.29, 0.717) is 22.4 Å². The Bertz CT molecular complexity index is 1640. The zero-order valence-electron chi connectivity index (χ0n) is 20.7. The third kappa shape index (κ3) is 4.52. The molecule has 0 atom stereocenters. The van der Waals surface area contributed by atoms with Crippen molar-refractivity contribution in [3.05, 3.63) is 82.2 Å². The molecule has 5 rings (SSSR count). The molecular formula is C26H24F3N7O. The molecule has 4 heterocycles. The molecular weight excluding hydrogens is 483 g/mol. The molecule has 0 unspecified atom stereocenters. The summed E-state index contributed by atoms with van der Waals surface area (Å²) in [5.41, 5.74) is 2.33. The van der Waals surface area contributed by atoms with Crippen LogP contribution in [0.25, 0.3) is 33.9 Å². The van der Waals surface area contributed by atoms with E-state index < -0.39 is 11.9 Å². The van der Waals surface area contributed by atoms with Crippen LogP contribution < -0.4 is 5.56 Å². The lowest BCUT2D eigenvalue weighted by Gasteiger charge is -2.13. The molecule has 0 saturated carbocycles. The average molecular weight is 508 g/mol. The largest absolute Gasteiger partial charge is 0.434 e. The predicted molar refractivity (Wildman–Crippen MR) is 133 cm³/mol. The standard InChI is InChI=1S/C26H24F3N7O/c1-15(2)35-14-20(26(27,28)29)32-24(35)18-7-5-17(6-8-18)13-36-21(37)10-9-19-12-30-23(33-25(19)36)22-16(3)11-31-34(22)4/h5-12,14-15H,13H2,1-4H3. The summed E-state index contributed by atoms with van der Waals surface area (Å²) in [6.07, 6.45) is -0.0954. The highest BCUT2D eigenvalue weighted by Gasteiger charge is 2.35. The minimum absolute atomic E-state index is 0.204. The van der Waals surface area contributed by atoms with E-state index in [9.17, 15) is 18.0 Å². The Hall–Kier alpha value is -4.28. The maximum absolute atomic E-state index is 13.3. The van der Waals surface area contributed by atoms with E-state index in [0.717, 1.165) is 23.0 Å². The number of aryl methyl sites for hydroxylation is 2. The Morgan fingerprint density at radius 2 is 1.73 bits per heavy atom. The molecule has 0 aliphatic heterocycles. The highest BCUT2D eigenvalue weighted by Crippen LogP contribution is 2.32. The van der Waals surface area contributed by atoms with Crippen LogP contribution >= 0.6 is 0 Å². The quantitative estimate of drug-likeness (QED) is 0.334. The molecule has 37 heavy (non-hydrogen) atoms. The fraction of sp³-hybridized carbons (Fsp3) is 0.269. The molecule has 0 fully saturated rings. The highest BCUT2D eigenvalue weighted by atomic mass is 19.4. The van der Waals surface area contributed by atoms with Crippen molar-refractivity contribution in [1.82, 2.24) is 33.9 Å². The van der Waals surface area contributed by atoms with Crippen molar-refractivity contribution in [2.24, 2.45) is 7.05 Å². The smallest absolute Gasteiger partial charge is 0.328 e. The lowest BCUT2D eigenvalue weighted by atomic mass is 10.1. The van der Waals surface area contributed by atoms with Crippen LogP contribution in [-0.4, -0.2) is 33.9 Å². The number of rotatable bonds is 5. The van der Waals surface area contributed by atoms with Crippen LogP contribution in [0, 0.1) is 6.92 Å². The zero-order chi connectivity index (χ0) is 26.5. The van der Waals surface area contributed by atoms with E-state index in [1.165, 1.54) is 10.6 Å². The maximum atomic E-state index is 13.3. The van der Waals surface area contributed by atoms with Crippen molar-refractivity contribution < 1.29 is 13.2 Å². The summed E-state index contributed by atoms with van der Waals surface area (Å²) >= 11 is 0. The number of nitrogens with zero attached hydrogens (tertiary/aromatic N) is 7. The molecule has 5 aromatic rings. The first-order chi connectivity index (χ1) is 17.5. The van der Waals surface area contributed by atoms with Gasteiger partial charge in [0.15, 0.2) is 11.5 Å². The van der Waals surface area contributed by atoms with Gasteiger partial charge in [-0.2, -0.15) is 18.3 Å². The number of halogens is 3. The van der Waals surface area contributed by atoms with E-state index in [-0.39, 0.29) is 24.0 Å². The van der Waals surface area contributed by atoms with Crippen LogP contribution in [0.3, 0.4) is 0 Å². The summed E-state index contributed by atoms with van der Waals surface area (Å²) in [4.78, 5) is 25.8. The van der Waals surface area contributed by atoms with Crippen LogP contribution in [0.15, 0.2) is 59.8 Å². The van der Waals surface area contributed by atoms with Crippen LogP contribution in [0.1, 0.15) is 36.7 Å². The zero-order valence-corrected chi connectivity index (χ0v) is 20.7. The van der Waals surface area contributed by atoms with Crippen molar-refractivity contribution in [3.8, 4) is 22.9 Å². The summed E-state index contributed by atoms with van der Waals surface area (Å²) in [6, 6.07) is 9.93. The Morgan fingerprint density at radius 1 is 1.00 bits per heavy atom. The summed E-state index contributed by atoms with van der Waals surface area (Å²) in [5.74, 6) is 0.695. The molecule has 0 aliphatic rings. The molecule has 0 amide bonds. The van der Waals surface area contributed by atoms with E-state index in [4.69, 9.17) is 0 Å². The molecule has 0 aliphatic carbocycles.